The fraction of sp³-hybridized carbons (Fsp3) is 0.562. The number of aliphatic hydroxyl groups excluding tert-OH is 1. The topological polar surface area (TPSA) is 75.3 Å². The van der Waals surface area contributed by atoms with Gasteiger partial charge >= 0.3 is 0 Å². The zero-order valence-electron chi connectivity index (χ0n) is 12.7. The lowest BCUT2D eigenvalue weighted by Crippen LogP contribution is -2.37. The Morgan fingerprint density at radius 1 is 1.41 bits per heavy atom. The highest BCUT2D eigenvalue weighted by Gasteiger charge is 2.28. The summed E-state index contributed by atoms with van der Waals surface area (Å²) < 4.78 is 12.8. The van der Waals surface area contributed by atoms with E-state index in [1.165, 1.54) is 12.1 Å². The Labute approximate surface area is 136 Å². The van der Waals surface area contributed by atoms with Gasteiger partial charge in [0.1, 0.15) is 5.82 Å². The molecule has 1 saturated carbocycles. The molecule has 1 aliphatic carbocycles. The minimum Gasteiger partial charge on any atom is -0.388 e. The number of nitrogens with two attached hydrogens (primary N) is 1. The molecule has 4 unspecified atom stereocenters. The molecule has 6 heteroatoms. The van der Waals surface area contributed by atoms with Crippen LogP contribution in [0.15, 0.2) is 24.3 Å². The highest BCUT2D eigenvalue weighted by atomic mass is 35.5. The molecular weight excluding hydrogens is 307 g/mol. The third-order valence-electron chi connectivity index (χ3n) is 4.06. The molecule has 0 aromatic heterocycles. The number of halogens is 2. The van der Waals surface area contributed by atoms with Gasteiger partial charge in [0.05, 0.1) is 6.10 Å². The average Bonchev–Trinajstić information content (AvgIpc) is 2.86. The molecule has 22 heavy (non-hydrogen) atoms. The number of rotatable bonds is 5. The summed E-state index contributed by atoms with van der Waals surface area (Å²) in [7, 11) is 0. The maximum Gasteiger partial charge on any atom is 0.223 e. The van der Waals surface area contributed by atoms with Gasteiger partial charge in [-0.1, -0.05) is 12.1 Å². The minimum absolute atomic E-state index is 0. The number of hydrogen-bond acceptors (Lipinski definition) is 3. The summed E-state index contributed by atoms with van der Waals surface area (Å²) in [6, 6.07) is 5.74. The summed E-state index contributed by atoms with van der Waals surface area (Å²) >= 11 is 0. The molecule has 1 amide bonds. The Hall–Kier alpha value is -1.17. The first-order valence-corrected chi connectivity index (χ1v) is 7.45. The van der Waals surface area contributed by atoms with E-state index in [-0.39, 0.29) is 42.1 Å². The lowest BCUT2D eigenvalue weighted by molar-refractivity contribution is -0.125. The van der Waals surface area contributed by atoms with Gasteiger partial charge in [0.25, 0.3) is 0 Å². The maximum absolute atomic E-state index is 12.8. The Balaban J connectivity index is 0.00000242. The van der Waals surface area contributed by atoms with Crippen LogP contribution in [-0.4, -0.2) is 23.1 Å². The van der Waals surface area contributed by atoms with Crippen LogP contribution in [0.4, 0.5) is 4.39 Å². The molecule has 0 heterocycles. The fourth-order valence-corrected chi connectivity index (χ4v) is 2.83. The van der Waals surface area contributed by atoms with Gasteiger partial charge in [0.15, 0.2) is 0 Å². The standard InChI is InChI=1S/C16H23FN2O2.ClH/c1-10(19-16(21)12-4-7-14(18)9-12)8-15(20)11-2-5-13(17)6-3-11;/h2-3,5-6,10,12,14-15,20H,4,7-9,18H2,1H3,(H,19,21);1H. The molecule has 1 aromatic rings. The van der Waals surface area contributed by atoms with Gasteiger partial charge in [-0.3, -0.25) is 4.79 Å². The predicted octanol–water partition coefficient (Wildman–Crippen LogP) is 2.30. The van der Waals surface area contributed by atoms with Gasteiger partial charge < -0.3 is 16.2 Å². The fourth-order valence-electron chi connectivity index (χ4n) is 2.83. The lowest BCUT2D eigenvalue weighted by atomic mass is 10.0. The number of amides is 1. The molecule has 124 valence electrons. The molecule has 4 N–H and O–H groups in total. The first kappa shape index (κ1) is 18.9. The maximum atomic E-state index is 12.8. The molecule has 4 atom stereocenters. The van der Waals surface area contributed by atoms with Crippen molar-refractivity contribution in [2.75, 3.05) is 0 Å². The van der Waals surface area contributed by atoms with Crippen LogP contribution >= 0.6 is 12.4 Å². The van der Waals surface area contributed by atoms with Crippen molar-refractivity contribution in [1.29, 1.82) is 0 Å². The van der Waals surface area contributed by atoms with Crippen LogP contribution < -0.4 is 11.1 Å². The SMILES string of the molecule is CC(CC(O)c1ccc(F)cc1)NC(=O)C1CCC(N)C1.Cl. The van der Waals surface area contributed by atoms with Crippen molar-refractivity contribution in [1.82, 2.24) is 5.32 Å². The van der Waals surface area contributed by atoms with Crippen molar-refractivity contribution in [2.24, 2.45) is 11.7 Å². The number of hydrogen-bond donors (Lipinski definition) is 3. The molecule has 2 rings (SSSR count). The second-order valence-electron chi connectivity index (χ2n) is 5.98. The molecule has 0 spiro atoms. The van der Waals surface area contributed by atoms with E-state index in [0.717, 1.165) is 19.3 Å². The van der Waals surface area contributed by atoms with E-state index in [9.17, 15) is 14.3 Å². The van der Waals surface area contributed by atoms with Gasteiger partial charge in [-0.2, -0.15) is 0 Å². The first-order chi connectivity index (χ1) is 9.95. The van der Waals surface area contributed by atoms with Crippen LogP contribution in [-0.2, 0) is 4.79 Å². The lowest BCUT2D eigenvalue weighted by Gasteiger charge is -2.20. The molecule has 0 aliphatic heterocycles. The summed E-state index contributed by atoms with van der Waals surface area (Å²) in [6.45, 7) is 1.86. The molecule has 1 fully saturated rings. The number of carbonyl (C=O) groups excluding carboxylic acids is 1. The van der Waals surface area contributed by atoms with Crippen LogP contribution in [0.25, 0.3) is 0 Å². The van der Waals surface area contributed by atoms with Crippen LogP contribution in [0, 0.1) is 11.7 Å². The van der Waals surface area contributed by atoms with Crippen molar-refractivity contribution in [3.63, 3.8) is 0 Å². The van der Waals surface area contributed by atoms with Crippen molar-refractivity contribution >= 4 is 18.3 Å². The number of nitrogens with one attached hydrogen (secondary N) is 1. The minimum atomic E-state index is -0.716. The van der Waals surface area contributed by atoms with E-state index in [1.54, 1.807) is 12.1 Å². The van der Waals surface area contributed by atoms with Crippen LogP contribution in [0.1, 0.15) is 44.3 Å². The van der Waals surface area contributed by atoms with E-state index < -0.39 is 6.10 Å². The highest BCUT2D eigenvalue weighted by molar-refractivity contribution is 5.85. The normalized spacial score (nSPS) is 23.5. The second-order valence-corrected chi connectivity index (χ2v) is 5.98. The van der Waals surface area contributed by atoms with Crippen LogP contribution in [0.2, 0.25) is 0 Å². The van der Waals surface area contributed by atoms with E-state index >= 15 is 0 Å². The van der Waals surface area contributed by atoms with Crippen molar-refractivity contribution in [3.05, 3.63) is 35.6 Å². The smallest absolute Gasteiger partial charge is 0.223 e. The Morgan fingerprint density at radius 3 is 2.59 bits per heavy atom. The quantitative estimate of drug-likeness (QED) is 0.775. The monoisotopic (exact) mass is 330 g/mol. The van der Waals surface area contributed by atoms with Crippen molar-refractivity contribution < 1.29 is 14.3 Å². The van der Waals surface area contributed by atoms with Gasteiger partial charge in [0.2, 0.25) is 5.91 Å². The molecule has 0 bridgehead atoms. The van der Waals surface area contributed by atoms with E-state index in [4.69, 9.17) is 5.73 Å². The van der Waals surface area contributed by atoms with Gasteiger partial charge in [-0.15, -0.1) is 12.4 Å². The molecule has 0 saturated heterocycles. The zero-order valence-corrected chi connectivity index (χ0v) is 13.5. The van der Waals surface area contributed by atoms with Crippen LogP contribution in [0.3, 0.4) is 0 Å². The van der Waals surface area contributed by atoms with Crippen molar-refractivity contribution in [2.45, 2.75) is 50.8 Å². The largest absolute Gasteiger partial charge is 0.388 e. The number of carbonyl (C=O) groups is 1. The van der Waals surface area contributed by atoms with Crippen LogP contribution in [0.5, 0.6) is 0 Å². The summed E-state index contributed by atoms with van der Waals surface area (Å²) in [4.78, 5) is 12.1. The van der Waals surface area contributed by atoms with Gasteiger partial charge in [-0.05, 0) is 50.3 Å². The zero-order chi connectivity index (χ0) is 15.4. The predicted molar refractivity (Wildman–Crippen MR) is 86.1 cm³/mol. The molecule has 0 radical (unpaired) electrons. The number of benzene rings is 1. The Bertz CT molecular complexity index is 484. The van der Waals surface area contributed by atoms with E-state index in [1.807, 2.05) is 6.92 Å². The first-order valence-electron chi connectivity index (χ1n) is 7.45. The molecule has 1 aliphatic rings. The Morgan fingerprint density at radius 2 is 2.05 bits per heavy atom. The van der Waals surface area contributed by atoms with Gasteiger partial charge in [0, 0.05) is 18.0 Å². The molecular formula is C16H24ClFN2O2. The second kappa shape index (κ2) is 8.46. The molecule has 1 aromatic carbocycles. The van der Waals surface area contributed by atoms with Gasteiger partial charge in [-0.25, -0.2) is 4.39 Å². The van der Waals surface area contributed by atoms with E-state index in [2.05, 4.69) is 5.32 Å². The summed E-state index contributed by atoms with van der Waals surface area (Å²) in [5.41, 5.74) is 6.47. The third-order valence-corrected chi connectivity index (χ3v) is 4.06. The summed E-state index contributed by atoms with van der Waals surface area (Å²) in [6.07, 6.45) is 2.15. The van der Waals surface area contributed by atoms with Crippen molar-refractivity contribution in [3.8, 4) is 0 Å². The highest BCUT2D eigenvalue weighted by Crippen LogP contribution is 2.25. The molecule has 4 nitrogen and oxygen atoms in total. The summed E-state index contributed by atoms with van der Waals surface area (Å²) in [5.74, 6) is -0.322. The number of aliphatic hydroxyl groups is 1. The third kappa shape index (κ3) is 5.23. The Kier molecular flexibility index (Phi) is 7.26. The summed E-state index contributed by atoms with van der Waals surface area (Å²) in [5, 5.41) is 13.0. The van der Waals surface area contributed by atoms with E-state index in [0.29, 0.717) is 12.0 Å². The average molecular weight is 331 g/mol.